The largest absolute Gasteiger partial charge is 0.299 e. The first-order chi connectivity index (χ1) is 13.0. The minimum absolute atomic E-state index is 0.0394. The molecule has 0 spiro atoms. The first-order valence-corrected chi connectivity index (χ1v) is 9.83. The van der Waals surface area contributed by atoms with E-state index in [0.29, 0.717) is 5.78 Å². The second-order valence-corrected chi connectivity index (χ2v) is 8.06. The van der Waals surface area contributed by atoms with Crippen LogP contribution in [0.25, 0.3) is 16.3 Å². The molecule has 3 aromatic rings. The molecule has 1 heteroatoms. The fraction of sp³-hybridized carbons (Fsp3) is 0.269. The van der Waals surface area contributed by atoms with E-state index in [9.17, 15) is 4.79 Å². The van der Waals surface area contributed by atoms with Gasteiger partial charge >= 0.3 is 0 Å². The summed E-state index contributed by atoms with van der Waals surface area (Å²) in [6.07, 6.45) is 3.15. The molecule has 0 heterocycles. The molecule has 0 saturated heterocycles. The summed E-state index contributed by atoms with van der Waals surface area (Å²) in [5.74, 6) is 0.574. The van der Waals surface area contributed by atoms with E-state index in [2.05, 4.69) is 79.7 Å². The summed E-state index contributed by atoms with van der Waals surface area (Å²) in [5, 5.41) is 2.49. The number of carbonyl (C=O) groups is 1. The van der Waals surface area contributed by atoms with Crippen LogP contribution in [-0.4, -0.2) is 5.78 Å². The fourth-order valence-corrected chi connectivity index (χ4v) is 4.18. The van der Waals surface area contributed by atoms with E-state index in [1.165, 1.54) is 33.0 Å². The Morgan fingerprint density at radius 3 is 2.33 bits per heavy atom. The van der Waals surface area contributed by atoms with Gasteiger partial charge in [0.15, 0.2) is 0 Å². The Balaban J connectivity index is 1.73. The number of rotatable bonds is 4. The van der Waals surface area contributed by atoms with Crippen LogP contribution < -0.4 is 0 Å². The van der Waals surface area contributed by atoms with Gasteiger partial charge in [-0.2, -0.15) is 0 Å². The predicted molar refractivity (Wildman–Crippen MR) is 114 cm³/mol. The number of fused-ring (bicyclic) bond motifs is 1. The van der Waals surface area contributed by atoms with Crippen LogP contribution in [0.4, 0.5) is 0 Å². The van der Waals surface area contributed by atoms with Crippen LogP contribution in [0.5, 0.6) is 0 Å². The highest BCUT2D eigenvalue weighted by molar-refractivity contribution is 5.90. The van der Waals surface area contributed by atoms with Crippen molar-refractivity contribution in [3.63, 3.8) is 0 Å². The lowest BCUT2D eigenvalue weighted by atomic mass is 9.81. The zero-order valence-corrected chi connectivity index (χ0v) is 16.3. The van der Waals surface area contributed by atoms with E-state index in [0.717, 1.165) is 6.42 Å². The number of carbonyl (C=O) groups excluding carboxylic acids is 1. The second kappa shape index (κ2) is 7.15. The molecule has 0 bridgehead atoms. The summed E-state index contributed by atoms with van der Waals surface area (Å²) in [6.45, 7) is 6.13. The van der Waals surface area contributed by atoms with Crippen molar-refractivity contribution in [2.75, 3.05) is 0 Å². The molecule has 0 aliphatic heterocycles. The Hall–Kier alpha value is -2.67. The first kappa shape index (κ1) is 17.7. The molecule has 4 rings (SSSR count). The molecule has 136 valence electrons. The number of aryl methyl sites for hydroxylation is 1. The molecule has 1 aliphatic carbocycles. The third-order valence-corrected chi connectivity index (χ3v) is 5.78. The summed E-state index contributed by atoms with van der Waals surface area (Å²) in [5.41, 5.74) is 5.07. The molecule has 0 saturated carbocycles. The van der Waals surface area contributed by atoms with E-state index >= 15 is 0 Å². The maximum Gasteiger partial charge on any atom is 0.142 e. The third kappa shape index (κ3) is 3.47. The molecule has 0 fully saturated rings. The van der Waals surface area contributed by atoms with Crippen molar-refractivity contribution in [1.82, 2.24) is 0 Å². The van der Waals surface area contributed by atoms with Crippen LogP contribution >= 0.6 is 0 Å². The van der Waals surface area contributed by atoms with E-state index in [4.69, 9.17) is 0 Å². The Morgan fingerprint density at radius 2 is 1.63 bits per heavy atom. The molecule has 0 radical (unpaired) electrons. The number of Topliss-reactive ketones (excluding diaryl/α,β-unsaturated/α-hetero) is 1. The summed E-state index contributed by atoms with van der Waals surface area (Å²) in [6, 6.07) is 23.8. The fourth-order valence-electron chi connectivity index (χ4n) is 4.18. The molecular weight excluding hydrogens is 328 g/mol. The molecule has 3 aromatic carbocycles. The Bertz CT molecular complexity index is 1010. The SMILES string of the molecule is Cc1ccc(C2=CC(C(=O)C(C)C)[C@H](c3ccc4ccccc4c3)C2)cc1. The Labute approximate surface area is 161 Å². The van der Waals surface area contributed by atoms with Gasteiger partial charge in [0, 0.05) is 17.8 Å². The highest BCUT2D eigenvalue weighted by Gasteiger charge is 2.35. The molecule has 0 N–H and O–H groups in total. The van der Waals surface area contributed by atoms with Gasteiger partial charge in [-0.3, -0.25) is 4.79 Å². The van der Waals surface area contributed by atoms with Gasteiger partial charge in [-0.15, -0.1) is 0 Å². The number of allylic oxidation sites excluding steroid dienone is 2. The number of hydrogen-bond donors (Lipinski definition) is 0. The molecule has 27 heavy (non-hydrogen) atoms. The van der Waals surface area contributed by atoms with Crippen molar-refractivity contribution >= 4 is 22.1 Å². The van der Waals surface area contributed by atoms with Gasteiger partial charge in [-0.05, 0) is 40.8 Å². The van der Waals surface area contributed by atoms with Crippen molar-refractivity contribution < 1.29 is 4.79 Å². The van der Waals surface area contributed by atoms with Crippen molar-refractivity contribution in [2.24, 2.45) is 11.8 Å². The zero-order chi connectivity index (χ0) is 19.0. The standard InChI is InChI=1S/C26H26O/c1-17(2)26(27)25-16-23(20-10-8-18(3)9-11-20)15-24(25)22-13-12-19-6-4-5-7-21(19)14-22/h4-14,16-17,24-25H,15H2,1-3H3/t24-,25?/m0/s1. The highest BCUT2D eigenvalue weighted by atomic mass is 16.1. The average molecular weight is 354 g/mol. The maximum atomic E-state index is 13.0. The van der Waals surface area contributed by atoms with Crippen molar-refractivity contribution in [1.29, 1.82) is 0 Å². The monoisotopic (exact) mass is 354 g/mol. The van der Waals surface area contributed by atoms with Gasteiger partial charge in [0.2, 0.25) is 0 Å². The van der Waals surface area contributed by atoms with E-state index < -0.39 is 0 Å². The lowest BCUT2D eigenvalue weighted by Gasteiger charge is -2.21. The molecule has 0 aromatic heterocycles. The molecule has 0 amide bonds. The lowest BCUT2D eigenvalue weighted by Crippen LogP contribution is -2.22. The van der Waals surface area contributed by atoms with Gasteiger partial charge in [-0.25, -0.2) is 0 Å². The second-order valence-electron chi connectivity index (χ2n) is 8.06. The van der Waals surface area contributed by atoms with Crippen molar-refractivity contribution in [3.05, 3.63) is 89.5 Å². The molecule has 1 nitrogen and oxygen atoms in total. The van der Waals surface area contributed by atoms with Crippen molar-refractivity contribution in [3.8, 4) is 0 Å². The first-order valence-electron chi connectivity index (χ1n) is 9.83. The molecular formula is C26H26O. The minimum Gasteiger partial charge on any atom is -0.299 e. The van der Waals surface area contributed by atoms with Gasteiger partial charge in [0.25, 0.3) is 0 Å². The Kier molecular flexibility index (Phi) is 4.70. The smallest absolute Gasteiger partial charge is 0.142 e. The quantitative estimate of drug-likeness (QED) is 0.518. The number of hydrogen-bond acceptors (Lipinski definition) is 1. The van der Waals surface area contributed by atoms with E-state index in [1.807, 2.05) is 13.8 Å². The van der Waals surface area contributed by atoms with E-state index in [-0.39, 0.29) is 17.8 Å². The van der Waals surface area contributed by atoms with Crippen LogP contribution in [0.2, 0.25) is 0 Å². The number of benzene rings is 3. The maximum absolute atomic E-state index is 13.0. The normalized spacial score (nSPS) is 19.5. The van der Waals surface area contributed by atoms with Crippen LogP contribution in [0, 0.1) is 18.8 Å². The highest BCUT2D eigenvalue weighted by Crippen LogP contribution is 2.44. The van der Waals surface area contributed by atoms with Crippen LogP contribution in [-0.2, 0) is 4.79 Å². The van der Waals surface area contributed by atoms with E-state index in [1.54, 1.807) is 0 Å². The van der Waals surface area contributed by atoms with Crippen LogP contribution in [0.1, 0.15) is 42.9 Å². The summed E-state index contributed by atoms with van der Waals surface area (Å²) < 4.78 is 0. The van der Waals surface area contributed by atoms with Crippen molar-refractivity contribution in [2.45, 2.75) is 33.1 Å². The zero-order valence-electron chi connectivity index (χ0n) is 16.3. The summed E-state index contributed by atoms with van der Waals surface area (Å²) in [7, 11) is 0. The van der Waals surface area contributed by atoms with Crippen LogP contribution in [0.15, 0.2) is 72.8 Å². The summed E-state index contributed by atoms with van der Waals surface area (Å²) in [4.78, 5) is 13.0. The summed E-state index contributed by atoms with van der Waals surface area (Å²) >= 11 is 0. The number of ketones is 1. The topological polar surface area (TPSA) is 17.1 Å². The average Bonchev–Trinajstić information content (AvgIpc) is 3.12. The van der Waals surface area contributed by atoms with Gasteiger partial charge < -0.3 is 0 Å². The lowest BCUT2D eigenvalue weighted by molar-refractivity contribution is -0.124. The predicted octanol–water partition coefficient (Wildman–Crippen LogP) is 6.56. The third-order valence-electron chi connectivity index (χ3n) is 5.78. The Morgan fingerprint density at radius 1 is 0.926 bits per heavy atom. The van der Waals surface area contributed by atoms with Crippen LogP contribution in [0.3, 0.4) is 0 Å². The molecule has 1 aliphatic rings. The van der Waals surface area contributed by atoms with Gasteiger partial charge in [0.05, 0.1) is 0 Å². The molecule has 2 atom stereocenters. The van der Waals surface area contributed by atoms with Gasteiger partial charge in [-0.1, -0.05) is 92.2 Å². The van der Waals surface area contributed by atoms with Gasteiger partial charge in [0.1, 0.15) is 5.78 Å². The molecule has 1 unspecified atom stereocenters. The minimum atomic E-state index is -0.0394.